The second-order valence-corrected chi connectivity index (χ2v) is 6.90. The van der Waals surface area contributed by atoms with Crippen molar-refractivity contribution < 1.29 is 14.6 Å². The summed E-state index contributed by atoms with van der Waals surface area (Å²) in [6.07, 6.45) is 16.6. The van der Waals surface area contributed by atoms with Crippen LogP contribution >= 0.6 is 0 Å². The van der Waals surface area contributed by atoms with Gasteiger partial charge in [-0.1, -0.05) is 84.0 Å². The second-order valence-electron chi connectivity index (χ2n) is 6.90. The molecular formula is C20H43NO3. The highest BCUT2D eigenvalue weighted by Gasteiger charge is 2.18. The first-order chi connectivity index (χ1) is 11.5. The lowest BCUT2D eigenvalue weighted by Gasteiger charge is -2.19. The lowest BCUT2D eigenvalue weighted by molar-refractivity contribution is -0.142. The first-order valence-electron chi connectivity index (χ1n) is 9.80. The van der Waals surface area contributed by atoms with Gasteiger partial charge < -0.3 is 9.84 Å². The molecule has 4 nitrogen and oxygen atoms in total. The molecule has 0 radical (unpaired) electrons. The molecule has 0 aromatic carbocycles. The van der Waals surface area contributed by atoms with E-state index in [9.17, 15) is 4.79 Å². The molecule has 1 unspecified atom stereocenters. The number of ether oxygens (including phenoxy) is 1. The number of likely N-dealkylation sites (N-methyl/N-ethyl adjacent to an activating group) is 1. The minimum atomic E-state index is -0.692. The molecule has 0 aliphatic carbocycles. The van der Waals surface area contributed by atoms with Gasteiger partial charge in [0.2, 0.25) is 0 Å². The molecule has 0 aliphatic rings. The lowest BCUT2D eigenvalue weighted by Crippen LogP contribution is -2.35. The van der Waals surface area contributed by atoms with E-state index in [0.717, 1.165) is 12.8 Å². The van der Waals surface area contributed by atoms with E-state index >= 15 is 0 Å². The summed E-state index contributed by atoms with van der Waals surface area (Å²) in [6.45, 7) is 2.26. The topological polar surface area (TPSA) is 49.8 Å². The van der Waals surface area contributed by atoms with Crippen molar-refractivity contribution in [2.75, 3.05) is 28.3 Å². The molecule has 0 aromatic rings. The number of unbranched alkanes of at least 4 members (excludes halogenated alkanes) is 11. The molecule has 0 rings (SSSR count). The third kappa shape index (κ3) is 19.4. The molecule has 0 saturated heterocycles. The van der Waals surface area contributed by atoms with Gasteiger partial charge >= 0.3 is 5.97 Å². The number of nitrogens with zero attached hydrogens (tertiary/aromatic N) is 1. The van der Waals surface area contributed by atoms with Gasteiger partial charge in [0.25, 0.3) is 0 Å². The summed E-state index contributed by atoms with van der Waals surface area (Å²) in [6, 6.07) is -0.312. The number of rotatable bonds is 15. The van der Waals surface area contributed by atoms with Gasteiger partial charge in [0.1, 0.15) is 6.04 Å². The molecule has 0 amide bonds. The first-order valence-corrected chi connectivity index (χ1v) is 9.80. The van der Waals surface area contributed by atoms with Gasteiger partial charge in [-0.3, -0.25) is 9.69 Å². The average Bonchev–Trinajstić information content (AvgIpc) is 2.52. The van der Waals surface area contributed by atoms with Crippen molar-refractivity contribution in [2.24, 2.45) is 0 Å². The van der Waals surface area contributed by atoms with Crippen molar-refractivity contribution in [3.05, 3.63) is 0 Å². The number of carboxylic acids is 1. The van der Waals surface area contributed by atoms with Crippen LogP contribution in [0.15, 0.2) is 0 Å². The summed E-state index contributed by atoms with van der Waals surface area (Å²) in [7, 11) is 6.94. The van der Waals surface area contributed by atoms with Crippen LogP contribution in [0.1, 0.15) is 90.4 Å². The molecular weight excluding hydrogens is 302 g/mol. The second kappa shape index (κ2) is 20.4. The van der Waals surface area contributed by atoms with E-state index in [0.29, 0.717) is 0 Å². The minimum Gasteiger partial charge on any atom is -0.480 e. The molecule has 4 heteroatoms. The Balaban J connectivity index is 0. The zero-order chi connectivity index (χ0) is 18.6. The number of aliphatic carboxylic acids is 1. The standard InChI is InChI=1S/C18H37NO2.C2H6O/c1-4-5-6-7-8-9-10-11-12-13-14-15-16-17(18(20)21)19(2)3;1-3-2/h17H,4-16H2,1-3H3,(H,20,21);1-2H3. The Morgan fingerprint density at radius 3 is 1.46 bits per heavy atom. The van der Waals surface area contributed by atoms with Crippen LogP contribution in [0, 0.1) is 0 Å². The van der Waals surface area contributed by atoms with Gasteiger partial charge in [-0.15, -0.1) is 0 Å². The maximum atomic E-state index is 11.0. The van der Waals surface area contributed by atoms with E-state index in [1.807, 2.05) is 14.1 Å². The lowest BCUT2D eigenvalue weighted by atomic mass is 10.0. The van der Waals surface area contributed by atoms with Crippen molar-refractivity contribution in [1.82, 2.24) is 4.90 Å². The third-order valence-electron chi connectivity index (χ3n) is 4.24. The van der Waals surface area contributed by atoms with E-state index in [1.165, 1.54) is 70.6 Å². The van der Waals surface area contributed by atoms with E-state index in [2.05, 4.69) is 11.7 Å². The molecule has 0 aliphatic heterocycles. The largest absolute Gasteiger partial charge is 0.480 e. The van der Waals surface area contributed by atoms with Crippen LogP contribution in [0.25, 0.3) is 0 Å². The van der Waals surface area contributed by atoms with Crippen LogP contribution in [-0.4, -0.2) is 50.3 Å². The van der Waals surface area contributed by atoms with Crippen LogP contribution < -0.4 is 0 Å². The first kappa shape index (κ1) is 25.6. The maximum Gasteiger partial charge on any atom is 0.320 e. The number of hydrogen-bond acceptors (Lipinski definition) is 3. The van der Waals surface area contributed by atoms with Gasteiger partial charge in [0, 0.05) is 14.2 Å². The van der Waals surface area contributed by atoms with Gasteiger partial charge in [-0.05, 0) is 20.5 Å². The summed E-state index contributed by atoms with van der Waals surface area (Å²) in [5, 5.41) is 9.08. The summed E-state index contributed by atoms with van der Waals surface area (Å²) in [5.74, 6) is -0.692. The van der Waals surface area contributed by atoms with Gasteiger partial charge in [0.15, 0.2) is 0 Å². The smallest absolute Gasteiger partial charge is 0.320 e. The highest BCUT2D eigenvalue weighted by molar-refractivity contribution is 5.73. The van der Waals surface area contributed by atoms with Crippen LogP contribution in [0.3, 0.4) is 0 Å². The SMILES string of the molecule is CCCCCCCCCCCCCCC(C(=O)O)N(C)C.COC. The Hall–Kier alpha value is -0.610. The normalized spacial score (nSPS) is 11.9. The summed E-state index contributed by atoms with van der Waals surface area (Å²) in [5.41, 5.74) is 0. The maximum absolute atomic E-state index is 11.0. The van der Waals surface area contributed by atoms with E-state index < -0.39 is 5.97 Å². The Bertz CT molecular complexity index is 257. The highest BCUT2D eigenvalue weighted by Crippen LogP contribution is 2.13. The Labute approximate surface area is 151 Å². The molecule has 146 valence electrons. The molecule has 0 heterocycles. The third-order valence-corrected chi connectivity index (χ3v) is 4.24. The van der Waals surface area contributed by atoms with Crippen molar-refractivity contribution in [1.29, 1.82) is 0 Å². The molecule has 24 heavy (non-hydrogen) atoms. The van der Waals surface area contributed by atoms with Crippen molar-refractivity contribution in [3.8, 4) is 0 Å². The minimum absolute atomic E-state index is 0.312. The van der Waals surface area contributed by atoms with Gasteiger partial charge in [0.05, 0.1) is 0 Å². The fourth-order valence-electron chi connectivity index (χ4n) is 2.78. The van der Waals surface area contributed by atoms with Crippen molar-refractivity contribution in [2.45, 2.75) is 96.4 Å². The summed E-state index contributed by atoms with van der Waals surface area (Å²) >= 11 is 0. The monoisotopic (exact) mass is 345 g/mol. The van der Waals surface area contributed by atoms with Crippen LogP contribution in [-0.2, 0) is 9.53 Å². The number of carbonyl (C=O) groups is 1. The van der Waals surface area contributed by atoms with E-state index in [-0.39, 0.29) is 6.04 Å². The molecule has 1 N–H and O–H groups in total. The predicted molar refractivity (Wildman–Crippen MR) is 104 cm³/mol. The number of carboxylic acid groups (broad SMARTS) is 1. The number of hydrogen-bond donors (Lipinski definition) is 1. The van der Waals surface area contributed by atoms with Crippen LogP contribution in [0.2, 0.25) is 0 Å². The molecule has 0 saturated carbocycles. The molecule has 0 fully saturated rings. The van der Waals surface area contributed by atoms with Crippen molar-refractivity contribution in [3.63, 3.8) is 0 Å². The van der Waals surface area contributed by atoms with Crippen LogP contribution in [0.4, 0.5) is 0 Å². The van der Waals surface area contributed by atoms with Crippen molar-refractivity contribution >= 4 is 5.97 Å². The Morgan fingerprint density at radius 2 is 1.17 bits per heavy atom. The quantitative estimate of drug-likeness (QED) is 0.406. The average molecular weight is 346 g/mol. The molecule has 0 aromatic heterocycles. The molecule has 0 bridgehead atoms. The molecule has 1 atom stereocenters. The zero-order valence-corrected chi connectivity index (χ0v) is 17.0. The Kier molecular flexibility index (Phi) is 21.8. The predicted octanol–water partition coefficient (Wildman–Crippen LogP) is 5.36. The highest BCUT2D eigenvalue weighted by atomic mass is 16.4. The molecule has 0 spiro atoms. The fraction of sp³-hybridized carbons (Fsp3) is 0.950. The summed E-state index contributed by atoms with van der Waals surface area (Å²) < 4.78 is 4.25. The van der Waals surface area contributed by atoms with E-state index in [1.54, 1.807) is 19.1 Å². The van der Waals surface area contributed by atoms with Gasteiger partial charge in [-0.25, -0.2) is 0 Å². The van der Waals surface area contributed by atoms with Gasteiger partial charge in [-0.2, -0.15) is 0 Å². The van der Waals surface area contributed by atoms with E-state index in [4.69, 9.17) is 5.11 Å². The summed E-state index contributed by atoms with van der Waals surface area (Å²) in [4.78, 5) is 12.8. The Morgan fingerprint density at radius 1 is 0.833 bits per heavy atom. The number of methoxy groups -OCH3 is 1. The fourth-order valence-corrected chi connectivity index (χ4v) is 2.78. The zero-order valence-electron chi connectivity index (χ0n) is 17.0. The van der Waals surface area contributed by atoms with Crippen LogP contribution in [0.5, 0.6) is 0 Å².